The van der Waals surface area contributed by atoms with Gasteiger partial charge in [0.2, 0.25) is 0 Å². The van der Waals surface area contributed by atoms with Gasteiger partial charge in [0.15, 0.2) is 0 Å². The summed E-state index contributed by atoms with van der Waals surface area (Å²) in [5, 5.41) is 2.93. The highest BCUT2D eigenvalue weighted by Crippen LogP contribution is 2.28. The zero-order valence-electron chi connectivity index (χ0n) is 16.6. The second kappa shape index (κ2) is 7.51. The largest absolute Gasteiger partial charge is 0.497 e. The highest BCUT2D eigenvalue weighted by atomic mass is 16.5. The molecular weight excluding hydrogens is 378 g/mol. The number of benzene rings is 2. The Morgan fingerprint density at radius 2 is 2.03 bits per heavy atom. The Morgan fingerprint density at radius 1 is 1.10 bits per heavy atom. The maximum atomic E-state index is 12.4. The number of methoxy groups -OCH3 is 1. The number of nitrogens with zero attached hydrogens (tertiary/aromatic N) is 4. The summed E-state index contributed by atoms with van der Waals surface area (Å²) in [6.45, 7) is 2.47. The minimum absolute atomic E-state index is 0.185. The first-order valence-electron chi connectivity index (χ1n) is 9.81. The van der Waals surface area contributed by atoms with Crippen LogP contribution in [0.2, 0.25) is 0 Å². The molecule has 1 N–H and O–H groups in total. The summed E-state index contributed by atoms with van der Waals surface area (Å²) in [5.74, 6) is 1.67. The molecule has 1 aliphatic heterocycles. The molecule has 7 nitrogen and oxygen atoms in total. The van der Waals surface area contributed by atoms with Crippen molar-refractivity contribution in [3.05, 3.63) is 78.4 Å². The highest BCUT2D eigenvalue weighted by Gasteiger charge is 2.21. The van der Waals surface area contributed by atoms with Gasteiger partial charge in [-0.1, -0.05) is 6.07 Å². The van der Waals surface area contributed by atoms with E-state index in [0.717, 1.165) is 53.6 Å². The van der Waals surface area contributed by atoms with Crippen molar-refractivity contribution in [2.75, 3.05) is 23.9 Å². The molecule has 3 heterocycles. The predicted molar refractivity (Wildman–Crippen MR) is 116 cm³/mol. The number of hydrogen-bond donors (Lipinski definition) is 1. The quantitative estimate of drug-likeness (QED) is 0.566. The lowest BCUT2D eigenvalue weighted by atomic mass is 10.2. The van der Waals surface area contributed by atoms with Gasteiger partial charge in [-0.25, -0.2) is 4.98 Å². The summed E-state index contributed by atoms with van der Waals surface area (Å²) in [6, 6.07) is 17.4. The minimum atomic E-state index is -0.185. The summed E-state index contributed by atoms with van der Waals surface area (Å²) < 4.78 is 7.60. The molecule has 0 saturated heterocycles. The first kappa shape index (κ1) is 18.2. The molecule has 0 aliphatic carbocycles. The van der Waals surface area contributed by atoms with Crippen molar-refractivity contribution in [1.82, 2.24) is 14.5 Å². The summed E-state index contributed by atoms with van der Waals surface area (Å²) in [5.41, 5.74) is 4.32. The molecule has 0 unspecified atom stereocenters. The van der Waals surface area contributed by atoms with Crippen LogP contribution in [-0.4, -0.2) is 34.1 Å². The van der Waals surface area contributed by atoms with Crippen LogP contribution < -0.4 is 15.0 Å². The molecular formula is C23H21N5O2. The van der Waals surface area contributed by atoms with Crippen molar-refractivity contribution in [2.45, 2.75) is 13.1 Å². The molecule has 5 rings (SSSR count). The summed E-state index contributed by atoms with van der Waals surface area (Å²) in [6.07, 6.45) is 3.20. The second-order valence-electron chi connectivity index (χ2n) is 7.20. The lowest BCUT2D eigenvalue weighted by molar-refractivity contribution is 0.102. The number of amides is 1. The van der Waals surface area contributed by atoms with Gasteiger partial charge in [0.25, 0.3) is 5.91 Å². The molecule has 150 valence electrons. The number of carbonyl (C=O) groups is 1. The van der Waals surface area contributed by atoms with Gasteiger partial charge in [-0.15, -0.1) is 0 Å². The molecule has 30 heavy (non-hydrogen) atoms. The number of fused-ring (bicyclic) bond motifs is 3. The summed E-state index contributed by atoms with van der Waals surface area (Å²) >= 11 is 0. The van der Waals surface area contributed by atoms with E-state index in [4.69, 9.17) is 9.72 Å². The van der Waals surface area contributed by atoms with E-state index in [1.807, 2.05) is 36.4 Å². The molecule has 1 aliphatic rings. The molecule has 2 aromatic heterocycles. The van der Waals surface area contributed by atoms with Crippen LogP contribution in [-0.2, 0) is 13.1 Å². The van der Waals surface area contributed by atoms with Crippen LogP contribution in [0.15, 0.2) is 67.0 Å². The highest BCUT2D eigenvalue weighted by molar-refractivity contribution is 6.04. The predicted octanol–water partition coefficient (Wildman–Crippen LogP) is 3.71. The first-order chi connectivity index (χ1) is 14.7. The van der Waals surface area contributed by atoms with Crippen LogP contribution >= 0.6 is 0 Å². The minimum Gasteiger partial charge on any atom is -0.497 e. The number of hydrogen-bond acceptors (Lipinski definition) is 5. The number of nitrogens with one attached hydrogen (secondary N) is 1. The van der Waals surface area contributed by atoms with E-state index >= 15 is 0 Å². The van der Waals surface area contributed by atoms with Gasteiger partial charge in [-0.3, -0.25) is 9.78 Å². The third kappa shape index (κ3) is 3.34. The summed E-state index contributed by atoms with van der Waals surface area (Å²) in [7, 11) is 1.68. The average molecular weight is 399 g/mol. The zero-order valence-corrected chi connectivity index (χ0v) is 16.6. The third-order valence-corrected chi connectivity index (χ3v) is 5.35. The van der Waals surface area contributed by atoms with Crippen molar-refractivity contribution in [3.63, 3.8) is 0 Å². The van der Waals surface area contributed by atoms with Gasteiger partial charge in [0, 0.05) is 42.9 Å². The van der Waals surface area contributed by atoms with E-state index in [-0.39, 0.29) is 5.91 Å². The van der Waals surface area contributed by atoms with Gasteiger partial charge in [0.05, 0.1) is 30.3 Å². The number of anilines is 2. The van der Waals surface area contributed by atoms with Crippen LogP contribution in [0.25, 0.3) is 11.0 Å². The van der Waals surface area contributed by atoms with Gasteiger partial charge in [-0.05, 0) is 42.5 Å². The van der Waals surface area contributed by atoms with E-state index in [0.29, 0.717) is 5.56 Å². The van der Waals surface area contributed by atoms with E-state index in [2.05, 4.69) is 25.8 Å². The van der Waals surface area contributed by atoms with Gasteiger partial charge in [-0.2, -0.15) is 0 Å². The van der Waals surface area contributed by atoms with Crippen LogP contribution in [0.3, 0.4) is 0 Å². The lowest BCUT2D eigenvalue weighted by Crippen LogP contribution is -2.33. The van der Waals surface area contributed by atoms with E-state index in [9.17, 15) is 4.79 Å². The van der Waals surface area contributed by atoms with Crippen molar-refractivity contribution in [3.8, 4) is 5.75 Å². The van der Waals surface area contributed by atoms with E-state index < -0.39 is 0 Å². The normalized spacial score (nSPS) is 13.2. The Morgan fingerprint density at radius 3 is 2.87 bits per heavy atom. The Hall–Kier alpha value is -3.87. The molecule has 0 saturated carbocycles. The second-order valence-corrected chi connectivity index (χ2v) is 7.20. The first-order valence-corrected chi connectivity index (χ1v) is 9.81. The fraction of sp³-hybridized carbons (Fsp3) is 0.174. The molecule has 0 fully saturated rings. The number of ether oxygens (including phenoxy) is 1. The smallest absolute Gasteiger partial charge is 0.257 e. The number of carbonyl (C=O) groups excluding carboxylic acids is 1. The number of rotatable bonds is 4. The third-order valence-electron chi connectivity index (χ3n) is 5.35. The average Bonchev–Trinajstić information content (AvgIpc) is 3.16. The topological polar surface area (TPSA) is 72.3 Å². The Kier molecular flexibility index (Phi) is 4.55. The molecule has 1 amide bonds. The van der Waals surface area contributed by atoms with Crippen LogP contribution in [0.5, 0.6) is 5.75 Å². The fourth-order valence-electron chi connectivity index (χ4n) is 3.83. The molecule has 0 radical (unpaired) electrons. The lowest BCUT2D eigenvalue weighted by Gasteiger charge is -2.30. The van der Waals surface area contributed by atoms with Gasteiger partial charge in [0.1, 0.15) is 11.6 Å². The molecule has 0 atom stereocenters. The molecule has 0 spiro atoms. The molecule has 2 aromatic carbocycles. The Labute approximate surface area is 173 Å². The molecule has 7 heteroatoms. The summed E-state index contributed by atoms with van der Waals surface area (Å²) in [4.78, 5) is 23.5. The Bertz CT molecular complexity index is 1220. The van der Waals surface area contributed by atoms with Crippen molar-refractivity contribution in [1.29, 1.82) is 0 Å². The standard InChI is InChI=1S/C23H21N5O2/c1-30-19-6-2-5-18(13-19)27-10-11-28-21-8-7-17(12-20(21)26-22(28)15-27)25-23(29)16-4-3-9-24-14-16/h2-9,12-14H,10-11,15H2,1H3,(H,25,29). The molecule has 4 aromatic rings. The van der Waals surface area contributed by atoms with Crippen LogP contribution in [0.4, 0.5) is 11.4 Å². The van der Waals surface area contributed by atoms with Crippen LogP contribution in [0, 0.1) is 0 Å². The zero-order chi connectivity index (χ0) is 20.5. The maximum Gasteiger partial charge on any atom is 0.257 e. The van der Waals surface area contributed by atoms with Gasteiger partial charge >= 0.3 is 0 Å². The maximum absolute atomic E-state index is 12.4. The van der Waals surface area contributed by atoms with Crippen molar-refractivity contribution < 1.29 is 9.53 Å². The van der Waals surface area contributed by atoms with Crippen molar-refractivity contribution in [2.24, 2.45) is 0 Å². The van der Waals surface area contributed by atoms with Crippen molar-refractivity contribution >= 4 is 28.3 Å². The fourth-order valence-corrected chi connectivity index (χ4v) is 3.83. The van der Waals surface area contributed by atoms with Gasteiger partial charge < -0.3 is 19.5 Å². The monoisotopic (exact) mass is 399 g/mol. The Balaban J connectivity index is 1.39. The SMILES string of the molecule is COc1cccc(N2CCn3c(nc4cc(NC(=O)c5cccnc5)ccc43)C2)c1. The molecule has 0 bridgehead atoms. The number of imidazole rings is 1. The van der Waals surface area contributed by atoms with E-state index in [1.165, 1.54) is 0 Å². The van der Waals surface area contributed by atoms with Crippen LogP contribution in [0.1, 0.15) is 16.2 Å². The number of aromatic nitrogens is 3. The van der Waals surface area contributed by atoms with E-state index in [1.54, 1.807) is 31.6 Å². The number of pyridine rings is 1.